The molecule has 0 aliphatic carbocycles. The Morgan fingerprint density at radius 2 is 1.08 bits per heavy atom. The largest absolute Gasteiger partial charge is 0.309 e. The van der Waals surface area contributed by atoms with Gasteiger partial charge in [0.2, 0.25) is 0 Å². The van der Waals surface area contributed by atoms with Crippen LogP contribution in [0.4, 0.5) is 0 Å². The monoisotopic (exact) mass is 474 g/mol. The van der Waals surface area contributed by atoms with Gasteiger partial charge in [-0.15, -0.1) is 0 Å². The smallest absolute Gasteiger partial charge is 0.160 e. The van der Waals surface area contributed by atoms with Crippen molar-refractivity contribution >= 4 is 21.8 Å². The first kappa shape index (κ1) is 21.2. The molecule has 3 aromatic heterocycles. The van der Waals surface area contributed by atoms with Crippen molar-refractivity contribution in [2.24, 2.45) is 0 Å². The van der Waals surface area contributed by atoms with Crippen LogP contribution in [-0.4, -0.2) is 19.5 Å². The minimum absolute atomic E-state index is 0.718. The Morgan fingerprint density at radius 3 is 1.81 bits per heavy atom. The fraction of sp³-hybridized carbons (Fsp3) is 0. The standard InChI is InChI=1S/C33H22N4/c1-3-9-23(10-4-1)29-21-30(36-33(35-29)25-11-5-2-6-12-25)24-15-17-26(18-16-24)37-31-14-8-7-13-27(31)28-22-34-20-19-32(28)37/h1-22H. The van der Waals surface area contributed by atoms with Crippen molar-refractivity contribution < 1.29 is 0 Å². The first-order valence-electron chi connectivity index (χ1n) is 12.3. The zero-order chi connectivity index (χ0) is 24.6. The van der Waals surface area contributed by atoms with Crippen LogP contribution in [0.2, 0.25) is 0 Å². The SMILES string of the molecule is c1ccc(-c2cc(-c3ccc(-n4c5ccccc5c5cnccc54)cc3)nc(-c3ccccc3)n2)cc1. The summed E-state index contributed by atoms with van der Waals surface area (Å²) >= 11 is 0. The minimum atomic E-state index is 0.718. The predicted molar refractivity (Wildman–Crippen MR) is 150 cm³/mol. The second-order valence-corrected chi connectivity index (χ2v) is 8.99. The third-order valence-corrected chi connectivity index (χ3v) is 6.72. The molecule has 4 aromatic carbocycles. The summed E-state index contributed by atoms with van der Waals surface area (Å²) in [7, 11) is 0. The molecule has 0 radical (unpaired) electrons. The molecule has 0 saturated heterocycles. The third-order valence-electron chi connectivity index (χ3n) is 6.72. The lowest BCUT2D eigenvalue weighted by molar-refractivity contribution is 1.17. The average molecular weight is 475 g/mol. The average Bonchev–Trinajstić information content (AvgIpc) is 3.32. The van der Waals surface area contributed by atoms with Crippen molar-refractivity contribution in [1.82, 2.24) is 19.5 Å². The van der Waals surface area contributed by atoms with Crippen molar-refractivity contribution in [3.63, 3.8) is 0 Å². The van der Waals surface area contributed by atoms with E-state index in [4.69, 9.17) is 9.97 Å². The number of aromatic nitrogens is 4. The zero-order valence-electron chi connectivity index (χ0n) is 20.0. The van der Waals surface area contributed by atoms with Gasteiger partial charge >= 0.3 is 0 Å². The number of nitrogens with zero attached hydrogens (tertiary/aromatic N) is 4. The van der Waals surface area contributed by atoms with Crippen LogP contribution in [0.25, 0.3) is 61.4 Å². The van der Waals surface area contributed by atoms with Crippen molar-refractivity contribution in [2.75, 3.05) is 0 Å². The highest BCUT2D eigenvalue weighted by Crippen LogP contribution is 2.33. The van der Waals surface area contributed by atoms with Gasteiger partial charge in [-0.3, -0.25) is 4.98 Å². The first-order valence-corrected chi connectivity index (χ1v) is 12.3. The molecule has 0 aliphatic rings. The van der Waals surface area contributed by atoms with Gasteiger partial charge in [-0.05, 0) is 30.3 Å². The molecule has 4 heteroatoms. The van der Waals surface area contributed by atoms with Gasteiger partial charge in [0.25, 0.3) is 0 Å². The highest BCUT2D eigenvalue weighted by atomic mass is 15.0. The lowest BCUT2D eigenvalue weighted by Gasteiger charge is -2.11. The van der Waals surface area contributed by atoms with Gasteiger partial charge in [0.1, 0.15) is 0 Å². The van der Waals surface area contributed by atoms with Gasteiger partial charge in [-0.1, -0.05) is 91.0 Å². The van der Waals surface area contributed by atoms with Crippen LogP contribution in [0.5, 0.6) is 0 Å². The Labute approximate surface area is 214 Å². The molecule has 0 fully saturated rings. The zero-order valence-corrected chi connectivity index (χ0v) is 20.0. The van der Waals surface area contributed by atoms with Crippen LogP contribution < -0.4 is 0 Å². The van der Waals surface area contributed by atoms with Crippen LogP contribution in [-0.2, 0) is 0 Å². The predicted octanol–water partition coefficient (Wildman–Crippen LogP) is 7.97. The molecule has 37 heavy (non-hydrogen) atoms. The van der Waals surface area contributed by atoms with E-state index in [2.05, 4.69) is 82.3 Å². The van der Waals surface area contributed by atoms with Crippen LogP contribution in [0, 0.1) is 0 Å². The second kappa shape index (κ2) is 8.85. The van der Waals surface area contributed by atoms with E-state index in [1.165, 1.54) is 5.39 Å². The molecule has 0 amide bonds. The molecule has 3 heterocycles. The molecule has 0 spiro atoms. The summed E-state index contributed by atoms with van der Waals surface area (Å²) in [4.78, 5) is 14.2. The van der Waals surface area contributed by atoms with Crippen LogP contribution >= 0.6 is 0 Å². The van der Waals surface area contributed by atoms with E-state index in [0.717, 1.165) is 56.0 Å². The van der Waals surface area contributed by atoms with Gasteiger partial charge < -0.3 is 4.57 Å². The molecule has 0 N–H and O–H groups in total. The number of hydrogen-bond acceptors (Lipinski definition) is 3. The molecule has 7 aromatic rings. The van der Waals surface area contributed by atoms with Crippen LogP contribution in [0.3, 0.4) is 0 Å². The Bertz CT molecular complexity index is 1740. The number of fused-ring (bicyclic) bond motifs is 3. The topological polar surface area (TPSA) is 43.6 Å². The van der Waals surface area contributed by atoms with Gasteiger partial charge in [0.15, 0.2) is 5.82 Å². The Balaban J connectivity index is 1.37. The molecule has 7 rings (SSSR count). The molecule has 0 bridgehead atoms. The first-order chi connectivity index (χ1) is 18.3. The molecule has 0 saturated carbocycles. The highest BCUT2D eigenvalue weighted by Gasteiger charge is 2.13. The normalized spacial score (nSPS) is 11.2. The fourth-order valence-electron chi connectivity index (χ4n) is 4.94. The number of hydrogen-bond donors (Lipinski definition) is 0. The fourth-order valence-corrected chi connectivity index (χ4v) is 4.94. The maximum Gasteiger partial charge on any atom is 0.160 e. The number of para-hydroxylation sites is 1. The summed E-state index contributed by atoms with van der Waals surface area (Å²) in [6, 6.07) is 41.6. The molecular weight excluding hydrogens is 452 g/mol. The van der Waals surface area contributed by atoms with E-state index in [0.29, 0.717) is 0 Å². The third kappa shape index (κ3) is 3.76. The maximum absolute atomic E-state index is 4.97. The maximum atomic E-state index is 4.97. The van der Waals surface area contributed by atoms with Crippen molar-refractivity contribution in [2.45, 2.75) is 0 Å². The molecule has 0 atom stereocenters. The quantitative estimate of drug-likeness (QED) is 0.260. The number of pyridine rings is 1. The summed E-state index contributed by atoms with van der Waals surface area (Å²) in [6.07, 6.45) is 3.79. The van der Waals surface area contributed by atoms with Crippen molar-refractivity contribution in [3.8, 4) is 39.6 Å². The van der Waals surface area contributed by atoms with Gasteiger partial charge in [-0.25, -0.2) is 9.97 Å². The van der Waals surface area contributed by atoms with E-state index < -0.39 is 0 Å². The number of benzene rings is 4. The molecule has 4 nitrogen and oxygen atoms in total. The van der Waals surface area contributed by atoms with Crippen LogP contribution in [0.15, 0.2) is 134 Å². The van der Waals surface area contributed by atoms with E-state index in [1.54, 1.807) is 0 Å². The van der Waals surface area contributed by atoms with E-state index in [9.17, 15) is 0 Å². The van der Waals surface area contributed by atoms with Gasteiger partial charge in [0.05, 0.1) is 22.4 Å². The molecule has 0 aliphatic heterocycles. The Kier molecular flexibility index (Phi) is 5.07. The van der Waals surface area contributed by atoms with Crippen molar-refractivity contribution in [3.05, 3.63) is 134 Å². The van der Waals surface area contributed by atoms with Crippen molar-refractivity contribution in [1.29, 1.82) is 0 Å². The molecule has 0 unspecified atom stereocenters. The molecule has 174 valence electrons. The van der Waals surface area contributed by atoms with Gasteiger partial charge in [-0.2, -0.15) is 0 Å². The molecular formula is C33H22N4. The van der Waals surface area contributed by atoms with E-state index in [1.807, 2.05) is 60.9 Å². The second-order valence-electron chi connectivity index (χ2n) is 8.99. The highest BCUT2D eigenvalue weighted by molar-refractivity contribution is 6.08. The summed E-state index contributed by atoms with van der Waals surface area (Å²) in [5.41, 5.74) is 8.32. The minimum Gasteiger partial charge on any atom is -0.309 e. The lowest BCUT2D eigenvalue weighted by atomic mass is 10.1. The Morgan fingerprint density at radius 1 is 0.486 bits per heavy atom. The van der Waals surface area contributed by atoms with Gasteiger partial charge in [0, 0.05) is 45.5 Å². The summed E-state index contributed by atoms with van der Waals surface area (Å²) < 4.78 is 2.29. The Hall–Kier alpha value is -5.09. The summed E-state index contributed by atoms with van der Waals surface area (Å²) in [5, 5.41) is 2.35. The summed E-state index contributed by atoms with van der Waals surface area (Å²) in [6.45, 7) is 0. The lowest BCUT2D eigenvalue weighted by Crippen LogP contribution is -1.97. The number of rotatable bonds is 4. The van der Waals surface area contributed by atoms with E-state index in [-0.39, 0.29) is 0 Å². The van der Waals surface area contributed by atoms with Crippen LogP contribution in [0.1, 0.15) is 0 Å². The summed E-state index contributed by atoms with van der Waals surface area (Å²) in [5.74, 6) is 0.718. The van der Waals surface area contributed by atoms with E-state index >= 15 is 0 Å².